The first-order valence-corrected chi connectivity index (χ1v) is 9.09. The lowest BCUT2D eigenvalue weighted by Crippen LogP contribution is -2.63. The number of hydrogen-bond donors (Lipinski definition) is 1. The Hall–Kier alpha value is -1.39. The summed E-state index contributed by atoms with van der Waals surface area (Å²) >= 11 is 0. The maximum absolute atomic E-state index is 13.2. The predicted molar refractivity (Wildman–Crippen MR) is 87.2 cm³/mol. The summed E-state index contributed by atoms with van der Waals surface area (Å²) in [6.45, 7) is 3.25. The number of aliphatic hydroxyl groups is 1. The Bertz CT molecular complexity index is 651. The number of carbonyl (C=O) groups excluding carboxylic acids is 1. The average Bonchev–Trinajstić information content (AvgIpc) is 2.61. The highest BCUT2D eigenvalue weighted by Gasteiger charge is 2.48. The molecule has 6 rings (SSSR count). The molecular formula is C19H24N2O2. The molecule has 5 aliphatic rings. The van der Waals surface area contributed by atoms with Crippen LogP contribution in [0, 0.1) is 5.92 Å². The molecule has 4 aliphatic heterocycles. The lowest BCUT2D eigenvalue weighted by atomic mass is 9.74. The zero-order chi connectivity index (χ0) is 15.6. The van der Waals surface area contributed by atoms with Gasteiger partial charge in [0.1, 0.15) is 6.23 Å². The lowest BCUT2D eigenvalue weighted by Gasteiger charge is -2.53. The van der Waals surface area contributed by atoms with Crippen molar-refractivity contribution in [1.82, 2.24) is 9.80 Å². The van der Waals surface area contributed by atoms with Gasteiger partial charge in [0.25, 0.3) is 5.91 Å². The van der Waals surface area contributed by atoms with E-state index in [9.17, 15) is 9.90 Å². The molecule has 1 aromatic carbocycles. The number of carbonyl (C=O) groups is 1. The molecule has 2 unspecified atom stereocenters. The zero-order valence-electron chi connectivity index (χ0n) is 13.4. The minimum atomic E-state index is -0.637. The normalized spacial score (nSPS) is 38.6. The molecule has 3 fully saturated rings. The van der Waals surface area contributed by atoms with Crippen LogP contribution in [0.5, 0.6) is 0 Å². The summed E-state index contributed by atoms with van der Waals surface area (Å²) in [7, 11) is 0. The van der Waals surface area contributed by atoms with Crippen LogP contribution in [0.25, 0.3) is 0 Å². The van der Waals surface area contributed by atoms with Crippen LogP contribution in [0.15, 0.2) is 18.2 Å². The van der Waals surface area contributed by atoms with Gasteiger partial charge in [-0.25, -0.2) is 0 Å². The van der Waals surface area contributed by atoms with Crippen molar-refractivity contribution in [2.24, 2.45) is 5.92 Å². The number of nitrogens with zero attached hydrogens (tertiary/aromatic N) is 2. The topological polar surface area (TPSA) is 43.8 Å². The van der Waals surface area contributed by atoms with E-state index in [1.807, 2.05) is 17.0 Å². The molecule has 1 N–H and O–H groups in total. The van der Waals surface area contributed by atoms with Crippen LogP contribution in [0.3, 0.4) is 0 Å². The molecular weight excluding hydrogens is 288 g/mol. The van der Waals surface area contributed by atoms with E-state index in [-0.39, 0.29) is 17.9 Å². The fraction of sp³-hybridized carbons (Fsp3) is 0.632. The summed E-state index contributed by atoms with van der Waals surface area (Å²) in [6, 6.07) is 6.31. The third-order valence-corrected chi connectivity index (χ3v) is 6.62. The standard InChI is InChI=1S/C19H24N2O2/c22-18-14-5-1-3-13-4-2-6-15(17(13)14)19(23)21(18)16-11-20-9-7-12(16)8-10-20/h1,3,5,12,15-16,19,23H,2,4,6-11H2/t15-,16?,19?/m1/s1. The van der Waals surface area contributed by atoms with Crippen LogP contribution in [0.4, 0.5) is 0 Å². The summed E-state index contributed by atoms with van der Waals surface area (Å²) in [5.74, 6) is 0.737. The van der Waals surface area contributed by atoms with E-state index >= 15 is 0 Å². The summed E-state index contributed by atoms with van der Waals surface area (Å²) in [5.41, 5.74) is 3.28. The number of fused-ring (bicyclic) bond motifs is 3. The average molecular weight is 312 g/mol. The SMILES string of the molecule is O=C1c2cccc3c2[C@@H](CCC3)C(O)N1C1CN2CCC1CC2. The minimum Gasteiger partial charge on any atom is -0.373 e. The van der Waals surface area contributed by atoms with Crippen LogP contribution < -0.4 is 0 Å². The summed E-state index contributed by atoms with van der Waals surface area (Å²) in [5, 5.41) is 11.1. The van der Waals surface area contributed by atoms with Crippen LogP contribution in [0.1, 0.15) is 53.1 Å². The molecule has 4 heteroatoms. The van der Waals surface area contributed by atoms with E-state index in [0.717, 1.165) is 50.0 Å². The maximum Gasteiger partial charge on any atom is 0.256 e. The second kappa shape index (κ2) is 5.05. The molecule has 3 atom stereocenters. The first kappa shape index (κ1) is 14.0. The number of benzene rings is 1. The molecule has 4 heterocycles. The number of amides is 1. The zero-order valence-corrected chi connectivity index (χ0v) is 13.4. The second-order valence-corrected chi connectivity index (χ2v) is 7.71. The van der Waals surface area contributed by atoms with Crippen molar-refractivity contribution in [3.05, 3.63) is 34.9 Å². The van der Waals surface area contributed by atoms with Gasteiger partial charge in [0.2, 0.25) is 0 Å². The second-order valence-electron chi connectivity index (χ2n) is 7.71. The number of rotatable bonds is 1. The molecule has 1 aliphatic carbocycles. The van der Waals surface area contributed by atoms with E-state index < -0.39 is 6.23 Å². The van der Waals surface area contributed by atoms with Gasteiger partial charge in [-0.15, -0.1) is 0 Å². The van der Waals surface area contributed by atoms with Gasteiger partial charge in [-0.3, -0.25) is 4.79 Å². The monoisotopic (exact) mass is 312 g/mol. The van der Waals surface area contributed by atoms with Crippen molar-refractivity contribution < 1.29 is 9.90 Å². The number of aryl methyl sites for hydroxylation is 1. The van der Waals surface area contributed by atoms with Gasteiger partial charge in [-0.1, -0.05) is 12.1 Å². The number of hydrogen-bond acceptors (Lipinski definition) is 3. The fourth-order valence-electron chi connectivity index (χ4n) is 5.46. The fourth-order valence-corrected chi connectivity index (χ4v) is 5.46. The van der Waals surface area contributed by atoms with Crippen LogP contribution in [-0.4, -0.2) is 52.7 Å². The Morgan fingerprint density at radius 2 is 1.96 bits per heavy atom. The molecule has 0 aromatic heterocycles. The quantitative estimate of drug-likeness (QED) is 0.862. The van der Waals surface area contributed by atoms with Crippen molar-refractivity contribution >= 4 is 5.91 Å². The van der Waals surface area contributed by atoms with Gasteiger partial charge in [-0.05, 0) is 68.3 Å². The summed E-state index contributed by atoms with van der Waals surface area (Å²) in [6.07, 6.45) is 4.84. The smallest absolute Gasteiger partial charge is 0.256 e. The Kier molecular flexibility index (Phi) is 3.07. The van der Waals surface area contributed by atoms with Gasteiger partial charge in [-0.2, -0.15) is 0 Å². The molecule has 3 saturated heterocycles. The Morgan fingerprint density at radius 1 is 1.13 bits per heavy atom. The summed E-state index contributed by atoms with van der Waals surface area (Å²) in [4.78, 5) is 17.5. The Morgan fingerprint density at radius 3 is 2.70 bits per heavy atom. The van der Waals surface area contributed by atoms with E-state index in [4.69, 9.17) is 0 Å². The Labute approximate surface area is 137 Å². The van der Waals surface area contributed by atoms with Gasteiger partial charge in [0.05, 0.1) is 6.04 Å². The predicted octanol–water partition coefficient (Wildman–Crippen LogP) is 1.97. The summed E-state index contributed by atoms with van der Waals surface area (Å²) < 4.78 is 0. The van der Waals surface area contributed by atoms with Gasteiger partial charge < -0.3 is 14.9 Å². The van der Waals surface area contributed by atoms with Gasteiger partial charge in [0, 0.05) is 18.0 Å². The first-order valence-electron chi connectivity index (χ1n) is 9.09. The molecule has 4 nitrogen and oxygen atoms in total. The molecule has 0 radical (unpaired) electrons. The third-order valence-electron chi connectivity index (χ3n) is 6.62. The minimum absolute atomic E-state index is 0.0613. The van der Waals surface area contributed by atoms with Crippen LogP contribution >= 0.6 is 0 Å². The molecule has 0 saturated carbocycles. The van der Waals surface area contributed by atoms with Crippen LogP contribution in [0.2, 0.25) is 0 Å². The van der Waals surface area contributed by atoms with Gasteiger partial charge in [0.15, 0.2) is 0 Å². The van der Waals surface area contributed by atoms with Crippen molar-refractivity contribution in [2.75, 3.05) is 19.6 Å². The van der Waals surface area contributed by atoms with E-state index in [1.165, 1.54) is 18.4 Å². The highest BCUT2D eigenvalue weighted by molar-refractivity contribution is 5.98. The van der Waals surface area contributed by atoms with Crippen molar-refractivity contribution in [2.45, 2.75) is 50.3 Å². The van der Waals surface area contributed by atoms with Gasteiger partial charge >= 0.3 is 0 Å². The van der Waals surface area contributed by atoms with Crippen molar-refractivity contribution in [1.29, 1.82) is 0 Å². The molecule has 0 spiro atoms. The molecule has 122 valence electrons. The maximum atomic E-state index is 13.2. The molecule has 1 aromatic rings. The van der Waals surface area contributed by atoms with E-state index in [2.05, 4.69) is 11.0 Å². The van der Waals surface area contributed by atoms with Crippen molar-refractivity contribution in [3.63, 3.8) is 0 Å². The third kappa shape index (κ3) is 1.94. The highest BCUT2D eigenvalue weighted by atomic mass is 16.3. The number of piperidine rings is 3. The van der Waals surface area contributed by atoms with E-state index in [1.54, 1.807) is 0 Å². The van der Waals surface area contributed by atoms with Crippen LogP contribution in [-0.2, 0) is 6.42 Å². The largest absolute Gasteiger partial charge is 0.373 e. The van der Waals surface area contributed by atoms with E-state index in [0.29, 0.717) is 5.92 Å². The van der Waals surface area contributed by atoms with Crippen molar-refractivity contribution in [3.8, 4) is 0 Å². The first-order chi connectivity index (χ1) is 11.2. The highest BCUT2D eigenvalue weighted by Crippen LogP contribution is 2.44. The number of aliphatic hydroxyl groups excluding tert-OH is 1. The molecule has 2 bridgehead atoms. The lowest BCUT2D eigenvalue weighted by molar-refractivity contribution is -0.0781. The molecule has 23 heavy (non-hydrogen) atoms. The Balaban J connectivity index is 1.58. The molecule has 1 amide bonds.